The van der Waals surface area contributed by atoms with Crippen LogP contribution in [0.15, 0.2) is 24.3 Å². The van der Waals surface area contributed by atoms with E-state index < -0.39 is 11.9 Å². The molecule has 7 heteroatoms. The minimum Gasteiger partial charge on any atom is -0.481 e. The van der Waals surface area contributed by atoms with Gasteiger partial charge in [0.25, 0.3) is 0 Å². The summed E-state index contributed by atoms with van der Waals surface area (Å²) in [6.07, 6.45) is 2.38. The van der Waals surface area contributed by atoms with Gasteiger partial charge in [-0.05, 0) is 42.4 Å². The summed E-state index contributed by atoms with van der Waals surface area (Å²) >= 11 is 6.11. The molecule has 1 aliphatic carbocycles. The van der Waals surface area contributed by atoms with Gasteiger partial charge in [0.05, 0.1) is 17.9 Å². The number of carbonyl (C=O) groups excluding carboxylic acids is 2. The Labute approximate surface area is 163 Å². The van der Waals surface area contributed by atoms with Gasteiger partial charge in [-0.1, -0.05) is 23.7 Å². The highest BCUT2D eigenvalue weighted by Gasteiger charge is 2.59. The normalized spacial score (nSPS) is 29.3. The lowest BCUT2D eigenvalue weighted by molar-refractivity contribution is -0.140. The first kappa shape index (κ1) is 18.3. The van der Waals surface area contributed by atoms with Gasteiger partial charge in [0.15, 0.2) is 0 Å². The Morgan fingerprint density at radius 2 is 1.96 bits per heavy atom. The van der Waals surface area contributed by atoms with E-state index in [1.54, 1.807) is 18.0 Å². The third-order valence-electron chi connectivity index (χ3n) is 6.65. The number of benzene rings is 1. The Morgan fingerprint density at radius 1 is 1.26 bits per heavy atom. The Kier molecular flexibility index (Phi) is 4.41. The maximum absolute atomic E-state index is 13.2. The van der Waals surface area contributed by atoms with Crippen molar-refractivity contribution in [3.8, 4) is 0 Å². The molecule has 2 amide bonds. The number of amides is 2. The molecule has 3 atom stereocenters. The highest BCUT2D eigenvalue weighted by molar-refractivity contribution is 6.30. The topological polar surface area (TPSA) is 77.9 Å². The SMILES string of the molecule is CN1C(=O)CC(C(=O)N2CCC3(CC2)CC3C(=O)O)C1c1cccc(Cl)c1. The average Bonchev–Trinajstić information content (AvgIpc) is 3.26. The fourth-order valence-corrected chi connectivity index (χ4v) is 5.09. The van der Waals surface area contributed by atoms with Crippen LogP contribution in [0.4, 0.5) is 0 Å². The average molecular weight is 391 g/mol. The quantitative estimate of drug-likeness (QED) is 0.860. The first-order chi connectivity index (χ1) is 12.8. The van der Waals surface area contributed by atoms with Crippen LogP contribution in [-0.4, -0.2) is 52.8 Å². The Bertz CT molecular complexity index is 803. The number of piperidine rings is 1. The van der Waals surface area contributed by atoms with Gasteiger partial charge < -0.3 is 14.9 Å². The number of halogens is 1. The van der Waals surface area contributed by atoms with Crippen molar-refractivity contribution in [1.82, 2.24) is 9.80 Å². The van der Waals surface area contributed by atoms with Gasteiger partial charge in [0.2, 0.25) is 11.8 Å². The maximum atomic E-state index is 13.2. The zero-order valence-electron chi connectivity index (χ0n) is 15.2. The van der Waals surface area contributed by atoms with E-state index in [1.165, 1.54) is 0 Å². The molecule has 6 nitrogen and oxygen atoms in total. The van der Waals surface area contributed by atoms with Crippen molar-refractivity contribution < 1.29 is 19.5 Å². The lowest BCUT2D eigenvalue weighted by atomic mass is 9.88. The largest absolute Gasteiger partial charge is 0.481 e. The van der Waals surface area contributed by atoms with Crippen LogP contribution in [0.1, 0.15) is 37.3 Å². The maximum Gasteiger partial charge on any atom is 0.307 e. The summed E-state index contributed by atoms with van der Waals surface area (Å²) in [5, 5.41) is 9.81. The molecule has 4 rings (SSSR count). The highest BCUT2D eigenvalue weighted by atomic mass is 35.5. The summed E-state index contributed by atoms with van der Waals surface area (Å²) in [6.45, 7) is 1.14. The third-order valence-corrected chi connectivity index (χ3v) is 6.89. The lowest BCUT2D eigenvalue weighted by Gasteiger charge is -2.35. The number of rotatable bonds is 3. The summed E-state index contributed by atoms with van der Waals surface area (Å²) in [7, 11) is 1.73. The molecule has 2 aliphatic heterocycles. The highest BCUT2D eigenvalue weighted by Crippen LogP contribution is 2.59. The van der Waals surface area contributed by atoms with Gasteiger partial charge in [-0.25, -0.2) is 0 Å². The Hall–Kier alpha value is -2.08. The lowest BCUT2D eigenvalue weighted by Crippen LogP contribution is -2.44. The van der Waals surface area contributed by atoms with Crippen molar-refractivity contribution >= 4 is 29.4 Å². The summed E-state index contributed by atoms with van der Waals surface area (Å²) < 4.78 is 0. The molecule has 3 aliphatic rings. The molecule has 1 aromatic rings. The number of hydrogen-bond donors (Lipinski definition) is 1. The molecule has 3 unspecified atom stereocenters. The smallest absolute Gasteiger partial charge is 0.307 e. The zero-order chi connectivity index (χ0) is 19.3. The first-order valence-electron chi connectivity index (χ1n) is 9.35. The molecule has 0 bridgehead atoms. The number of aliphatic carboxylic acids is 1. The number of carboxylic acid groups (broad SMARTS) is 1. The monoisotopic (exact) mass is 390 g/mol. The molecule has 27 heavy (non-hydrogen) atoms. The van der Waals surface area contributed by atoms with E-state index in [2.05, 4.69) is 0 Å². The van der Waals surface area contributed by atoms with E-state index in [-0.39, 0.29) is 35.6 Å². The fourth-order valence-electron chi connectivity index (χ4n) is 4.89. The van der Waals surface area contributed by atoms with Gasteiger partial charge in [0.1, 0.15) is 0 Å². The fraction of sp³-hybridized carbons (Fsp3) is 0.550. The predicted molar refractivity (Wildman–Crippen MR) is 99.1 cm³/mol. The minimum atomic E-state index is -0.723. The van der Waals surface area contributed by atoms with Gasteiger partial charge in [-0.2, -0.15) is 0 Å². The van der Waals surface area contributed by atoms with E-state index in [0.29, 0.717) is 18.1 Å². The van der Waals surface area contributed by atoms with Crippen LogP contribution in [0.3, 0.4) is 0 Å². The number of likely N-dealkylation sites (tertiary alicyclic amines) is 2. The molecule has 0 aromatic heterocycles. The second-order valence-electron chi connectivity index (χ2n) is 8.10. The van der Waals surface area contributed by atoms with Crippen LogP contribution in [0.2, 0.25) is 5.02 Å². The molecule has 144 valence electrons. The molecule has 1 spiro atoms. The van der Waals surface area contributed by atoms with Crippen molar-refractivity contribution in [2.24, 2.45) is 17.3 Å². The molecule has 3 fully saturated rings. The van der Waals surface area contributed by atoms with Gasteiger partial charge in [0, 0.05) is 31.6 Å². The molecular formula is C20H23ClN2O4. The minimum absolute atomic E-state index is 0.0138. The van der Waals surface area contributed by atoms with Gasteiger partial charge in [-0.3, -0.25) is 14.4 Å². The predicted octanol–water partition coefficient (Wildman–Crippen LogP) is 2.57. The van der Waals surface area contributed by atoms with Crippen LogP contribution in [0.25, 0.3) is 0 Å². The zero-order valence-corrected chi connectivity index (χ0v) is 16.0. The summed E-state index contributed by atoms with van der Waals surface area (Å²) in [4.78, 5) is 40.2. The number of carboxylic acids is 1. The van der Waals surface area contributed by atoms with Crippen molar-refractivity contribution in [3.63, 3.8) is 0 Å². The van der Waals surface area contributed by atoms with Crippen LogP contribution in [0, 0.1) is 17.3 Å². The molecule has 2 saturated heterocycles. The van der Waals surface area contributed by atoms with E-state index in [0.717, 1.165) is 24.8 Å². The molecule has 1 aromatic carbocycles. The second kappa shape index (κ2) is 6.51. The summed E-state index contributed by atoms with van der Waals surface area (Å²) in [5.41, 5.74) is 0.757. The van der Waals surface area contributed by atoms with Crippen molar-refractivity contribution in [2.75, 3.05) is 20.1 Å². The van der Waals surface area contributed by atoms with E-state index >= 15 is 0 Å². The van der Waals surface area contributed by atoms with Crippen molar-refractivity contribution in [2.45, 2.75) is 31.7 Å². The summed E-state index contributed by atoms with van der Waals surface area (Å²) in [6, 6.07) is 7.01. The van der Waals surface area contributed by atoms with E-state index in [9.17, 15) is 19.5 Å². The van der Waals surface area contributed by atoms with Crippen LogP contribution >= 0.6 is 11.6 Å². The molecule has 1 N–H and O–H groups in total. The Morgan fingerprint density at radius 3 is 2.56 bits per heavy atom. The summed E-state index contributed by atoms with van der Waals surface area (Å²) in [5.74, 6) is -1.46. The second-order valence-corrected chi connectivity index (χ2v) is 8.53. The molecule has 2 heterocycles. The Balaban J connectivity index is 1.49. The van der Waals surface area contributed by atoms with Gasteiger partial charge >= 0.3 is 5.97 Å². The molecule has 0 radical (unpaired) electrons. The van der Waals surface area contributed by atoms with Crippen molar-refractivity contribution in [1.29, 1.82) is 0 Å². The van der Waals surface area contributed by atoms with E-state index in [4.69, 9.17) is 11.6 Å². The first-order valence-corrected chi connectivity index (χ1v) is 9.73. The number of nitrogens with zero attached hydrogens (tertiary/aromatic N) is 2. The van der Waals surface area contributed by atoms with E-state index in [1.807, 2.05) is 23.1 Å². The van der Waals surface area contributed by atoms with Crippen LogP contribution in [-0.2, 0) is 14.4 Å². The number of hydrogen-bond acceptors (Lipinski definition) is 3. The van der Waals surface area contributed by atoms with Crippen LogP contribution < -0.4 is 0 Å². The van der Waals surface area contributed by atoms with Crippen molar-refractivity contribution in [3.05, 3.63) is 34.9 Å². The third kappa shape index (κ3) is 3.10. The standard InChI is InChI=1S/C20H23ClN2O4/c1-22-16(24)10-14(17(22)12-3-2-4-13(21)9-12)18(25)23-7-5-20(6-8-23)11-15(20)19(26)27/h2-4,9,14-15,17H,5-8,10-11H2,1H3,(H,26,27). The molecule has 1 saturated carbocycles. The number of carbonyl (C=O) groups is 3. The molecular weight excluding hydrogens is 368 g/mol. The van der Waals surface area contributed by atoms with Gasteiger partial charge in [-0.15, -0.1) is 0 Å². The van der Waals surface area contributed by atoms with Crippen LogP contribution in [0.5, 0.6) is 0 Å².